The molecule has 3 rings (SSSR count). The number of halogens is 1. The summed E-state index contributed by atoms with van der Waals surface area (Å²) in [6, 6.07) is 0.425. The van der Waals surface area contributed by atoms with Crippen molar-refractivity contribution in [3.8, 4) is 0 Å². The Balaban J connectivity index is 0.00000300. The maximum atomic E-state index is 12.7. The highest BCUT2D eigenvalue weighted by molar-refractivity contribution is 14.0. The number of guanidine groups is 1. The highest BCUT2D eigenvalue weighted by Crippen LogP contribution is 2.19. The first-order valence-electron chi connectivity index (χ1n) is 10.5. The molecule has 1 unspecified atom stereocenters. The zero-order valence-corrected chi connectivity index (χ0v) is 20.5. The molecule has 0 saturated carbocycles. The number of aromatic nitrogens is 2. The number of rotatable bonds is 5. The number of anilines is 1. The lowest BCUT2D eigenvalue weighted by Gasteiger charge is -2.36. The van der Waals surface area contributed by atoms with E-state index in [1.54, 1.807) is 10.9 Å². The molecular weight excluding hydrogens is 481 g/mol. The molecule has 8 nitrogen and oxygen atoms in total. The van der Waals surface area contributed by atoms with Gasteiger partial charge in [-0.25, -0.2) is 0 Å². The lowest BCUT2D eigenvalue weighted by molar-refractivity contribution is -0.120. The third-order valence-corrected chi connectivity index (χ3v) is 5.80. The molecule has 0 radical (unpaired) electrons. The summed E-state index contributed by atoms with van der Waals surface area (Å²) in [6.07, 6.45) is 6.18. The predicted octanol–water partition coefficient (Wildman–Crippen LogP) is 1.77. The van der Waals surface area contributed by atoms with Crippen LogP contribution < -0.4 is 10.2 Å². The van der Waals surface area contributed by atoms with E-state index in [2.05, 4.69) is 41.0 Å². The van der Waals surface area contributed by atoms with Crippen LogP contribution in [0.4, 0.5) is 5.69 Å². The number of amides is 1. The number of nitrogens with zero attached hydrogens (tertiary/aromatic N) is 6. The van der Waals surface area contributed by atoms with E-state index >= 15 is 0 Å². The van der Waals surface area contributed by atoms with Crippen LogP contribution in [0.3, 0.4) is 0 Å². The molecule has 0 aromatic carbocycles. The summed E-state index contributed by atoms with van der Waals surface area (Å²) in [5.41, 5.74) is 0.863. The highest BCUT2D eigenvalue weighted by atomic mass is 127. The Labute approximate surface area is 191 Å². The SMILES string of the molecule is CCNC(=NCC(C)N1CCC(C)CC1)N1CCN(c2cnn(C)c2)C(=O)C1.I. The van der Waals surface area contributed by atoms with E-state index in [-0.39, 0.29) is 29.9 Å². The molecule has 29 heavy (non-hydrogen) atoms. The molecule has 2 aliphatic rings. The van der Waals surface area contributed by atoms with Crippen molar-refractivity contribution < 1.29 is 4.79 Å². The summed E-state index contributed by atoms with van der Waals surface area (Å²) in [5, 5.41) is 7.54. The highest BCUT2D eigenvalue weighted by Gasteiger charge is 2.28. The molecule has 1 aromatic rings. The van der Waals surface area contributed by atoms with Crippen molar-refractivity contribution in [1.29, 1.82) is 0 Å². The third kappa shape index (κ3) is 6.31. The number of nitrogens with one attached hydrogen (secondary N) is 1. The molecule has 0 aliphatic carbocycles. The van der Waals surface area contributed by atoms with E-state index in [0.717, 1.165) is 50.3 Å². The summed E-state index contributed by atoms with van der Waals surface area (Å²) in [7, 11) is 1.87. The molecule has 164 valence electrons. The largest absolute Gasteiger partial charge is 0.357 e. The summed E-state index contributed by atoms with van der Waals surface area (Å²) in [6.45, 7) is 12.3. The maximum Gasteiger partial charge on any atom is 0.246 e. The van der Waals surface area contributed by atoms with Crippen LogP contribution in [0.2, 0.25) is 0 Å². The Morgan fingerprint density at radius 3 is 2.62 bits per heavy atom. The van der Waals surface area contributed by atoms with Gasteiger partial charge in [-0.1, -0.05) is 6.92 Å². The zero-order valence-electron chi connectivity index (χ0n) is 18.2. The summed E-state index contributed by atoms with van der Waals surface area (Å²) >= 11 is 0. The first-order valence-corrected chi connectivity index (χ1v) is 10.5. The lowest BCUT2D eigenvalue weighted by Crippen LogP contribution is -2.55. The first-order chi connectivity index (χ1) is 13.5. The van der Waals surface area contributed by atoms with E-state index in [4.69, 9.17) is 4.99 Å². The first kappa shape index (κ1) is 23.9. The van der Waals surface area contributed by atoms with Gasteiger partial charge in [-0.3, -0.25) is 19.4 Å². The number of carbonyl (C=O) groups is 1. The predicted molar refractivity (Wildman–Crippen MR) is 128 cm³/mol. The number of carbonyl (C=O) groups excluding carboxylic acids is 1. The van der Waals surface area contributed by atoms with E-state index in [1.807, 2.05) is 18.1 Å². The minimum Gasteiger partial charge on any atom is -0.357 e. The Bertz CT molecular complexity index is 684. The minimum absolute atomic E-state index is 0. The van der Waals surface area contributed by atoms with E-state index in [0.29, 0.717) is 19.1 Å². The fourth-order valence-electron chi connectivity index (χ4n) is 3.90. The van der Waals surface area contributed by atoms with Gasteiger partial charge in [0.25, 0.3) is 0 Å². The fourth-order valence-corrected chi connectivity index (χ4v) is 3.90. The normalized spacial score (nSPS) is 20.6. The average Bonchev–Trinajstić information content (AvgIpc) is 3.11. The quantitative estimate of drug-likeness (QED) is 0.367. The third-order valence-electron chi connectivity index (χ3n) is 5.80. The zero-order chi connectivity index (χ0) is 20.1. The average molecular weight is 517 g/mol. The van der Waals surface area contributed by atoms with E-state index in [1.165, 1.54) is 12.8 Å². The molecule has 1 N–H and O–H groups in total. The van der Waals surface area contributed by atoms with Crippen LogP contribution in [0.1, 0.15) is 33.6 Å². The van der Waals surface area contributed by atoms with Gasteiger partial charge in [-0.2, -0.15) is 5.10 Å². The monoisotopic (exact) mass is 517 g/mol. The van der Waals surface area contributed by atoms with Gasteiger partial charge in [-0.15, -0.1) is 24.0 Å². The number of hydrogen-bond acceptors (Lipinski definition) is 4. The molecule has 2 fully saturated rings. The second-order valence-electron chi connectivity index (χ2n) is 8.10. The number of aryl methyl sites for hydroxylation is 1. The maximum absolute atomic E-state index is 12.7. The second-order valence-corrected chi connectivity index (χ2v) is 8.10. The Morgan fingerprint density at radius 2 is 2.03 bits per heavy atom. The van der Waals surface area contributed by atoms with Gasteiger partial charge in [0.15, 0.2) is 5.96 Å². The van der Waals surface area contributed by atoms with Crippen LogP contribution in [0.25, 0.3) is 0 Å². The molecule has 2 aliphatic heterocycles. The smallest absolute Gasteiger partial charge is 0.246 e. The van der Waals surface area contributed by atoms with Crippen molar-refractivity contribution in [3.05, 3.63) is 12.4 Å². The summed E-state index contributed by atoms with van der Waals surface area (Å²) < 4.78 is 1.73. The van der Waals surface area contributed by atoms with Gasteiger partial charge >= 0.3 is 0 Å². The van der Waals surface area contributed by atoms with Gasteiger partial charge in [0.1, 0.15) is 6.54 Å². The molecule has 0 bridgehead atoms. The van der Waals surface area contributed by atoms with Gasteiger partial charge in [0.2, 0.25) is 5.91 Å². The van der Waals surface area contributed by atoms with Crippen molar-refractivity contribution in [3.63, 3.8) is 0 Å². The molecule has 2 saturated heterocycles. The summed E-state index contributed by atoms with van der Waals surface area (Å²) in [4.78, 5) is 24.0. The van der Waals surface area contributed by atoms with Crippen LogP contribution in [-0.4, -0.2) is 83.3 Å². The molecule has 1 aromatic heterocycles. The molecule has 9 heteroatoms. The van der Waals surface area contributed by atoms with Crippen molar-refractivity contribution in [1.82, 2.24) is 24.9 Å². The minimum atomic E-state index is 0. The van der Waals surface area contributed by atoms with Gasteiger partial charge in [-0.05, 0) is 45.7 Å². The van der Waals surface area contributed by atoms with Gasteiger partial charge < -0.3 is 15.1 Å². The van der Waals surface area contributed by atoms with Crippen LogP contribution in [-0.2, 0) is 11.8 Å². The van der Waals surface area contributed by atoms with Crippen molar-refractivity contribution in [2.45, 2.75) is 39.7 Å². The van der Waals surface area contributed by atoms with Crippen LogP contribution in [0, 0.1) is 5.92 Å². The molecule has 0 spiro atoms. The number of piperazine rings is 1. The van der Waals surface area contributed by atoms with Crippen LogP contribution in [0.5, 0.6) is 0 Å². The molecule has 1 amide bonds. The number of likely N-dealkylation sites (tertiary alicyclic amines) is 1. The second kappa shape index (κ2) is 11.1. The standard InChI is InChI=1S/C20H35N7O.HI/c1-5-21-20(22-12-17(3)25-8-6-16(2)7-9-25)26-10-11-27(19(28)15-26)18-13-23-24(4)14-18;/h13-14,16-17H,5-12,15H2,1-4H3,(H,21,22);1H. The van der Waals surface area contributed by atoms with Crippen molar-refractivity contribution in [2.24, 2.45) is 18.0 Å². The molecule has 1 atom stereocenters. The summed E-state index contributed by atoms with van der Waals surface area (Å²) in [5.74, 6) is 1.77. The van der Waals surface area contributed by atoms with Crippen molar-refractivity contribution in [2.75, 3.05) is 50.7 Å². The Morgan fingerprint density at radius 1 is 1.31 bits per heavy atom. The number of aliphatic imine (C=N–C) groups is 1. The Hall–Kier alpha value is -1.36. The van der Waals surface area contributed by atoms with Gasteiger partial charge in [0, 0.05) is 38.9 Å². The van der Waals surface area contributed by atoms with Gasteiger partial charge in [0.05, 0.1) is 18.4 Å². The number of hydrogen-bond donors (Lipinski definition) is 1. The van der Waals surface area contributed by atoms with E-state index < -0.39 is 0 Å². The molecular formula is C20H36IN7O. The number of piperidine rings is 1. The van der Waals surface area contributed by atoms with Crippen LogP contribution in [0.15, 0.2) is 17.4 Å². The van der Waals surface area contributed by atoms with Crippen molar-refractivity contribution >= 4 is 41.5 Å². The Kier molecular flexibility index (Phi) is 9.19. The molecule has 3 heterocycles. The fraction of sp³-hybridized carbons (Fsp3) is 0.750. The van der Waals surface area contributed by atoms with Crippen LogP contribution >= 0.6 is 24.0 Å². The topological polar surface area (TPSA) is 69.0 Å². The lowest BCUT2D eigenvalue weighted by atomic mass is 9.98. The van der Waals surface area contributed by atoms with E-state index in [9.17, 15) is 4.79 Å².